The molecule has 6 heterocycles. The number of nitrogens with one attached hydrogen (secondary N) is 1. The molecule has 2 aromatic heterocycles. The van der Waals surface area contributed by atoms with Gasteiger partial charge in [-0.2, -0.15) is 18.2 Å². The van der Waals surface area contributed by atoms with Crippen molar-refractivity contribution in [2.75, 3.05) is 48.0 Å². The molecule has 0 saturated carbocycles. The number of Topliss-reactive ketones (excluding diaryl/α,β-unsaturated/α-hetero) is 1. The number of pyridine rings is 1. The number of fused-ring (bicyclic) bond motifs is 4. The van der Waals surface area contributed by atoms with Crippen molar-refractivity contribution in [3.8, 4) is 5.75 Å². The Morgan fingerprint density at radius 1 is 1.29 bits per heavy atom. The van der Waals surface area contributed by atoms with Gasteiger partial charge in [0.25, 0.3) is 5.56 Å². The number of aromatic nitrogens is 3. The van der Waals surface area contributed by atoms with Gasteiger partial charge in [0.2, 0.25) is 5.95 Å². The average Bonchev–Trinajstić information content (AvgIpc) is 3.47. The lowest BCUT2D eigenvalue weighted by Crippen LogP contribution is -2.54. The lowest BCUT2D eigenvalue weighted by Gasteiger charge is -2.39. The zero-order valence-corrected chi connectivity index (χ0v) is 18.6. The molecule has 2 saturated heterocycles. The van der Waals surface area contributed by atoms with Crippen molar-refractivity contribution in [3.05, 3.63) is 34.2 Å². The number of anilines is 3. The van der Waals surface area contributed by atoms with Crippen LogP contribution in [0.2, 0.25) is 0 Å². The Hall–Kier alpha value is -3.35. The predicted molar refractivity (Wildman–Crippen MR) is 118 cm³/mol. The fraction of sp³-hybridized carbons (Fsp3) is 0.545. The summed E-state index contributed by atoms with van der Waals surface area (Å²) in [6.45, 7) is 1.23. The molecule has 35 heavy (non-hydrogen) atoms. The van der Waals surface area contributed by atoms with E-state index in [4.69, 9.17) is 9.47 Å². The summed E-state index contributed by atoms with van der Waals surface area (Å²) in [5.41, 5.74) is -0.320. The largest absolute Gasteiger partial charge is 0.488 e. The summed E-state index contributed by atoms with van der Waals surface area (Å²) in [4.78, 5) is 37.5. The molecule has 0 aliphatic carbocycles. The van der Waals surface area contributed by atoms with Crippen LogP contribution in [0.4, 0.5) is 30.8 Å². The van der Waals surface area contributed by atoms with Crippen molar-refractivity contribution in [3.63, 3.8) is 0 Å². The first kappa shape index (κ1) is 22.1. The summed E-state index contributed by atoms with van der Waals surface area (Å²) in [7, 11) is 0. The monoisotopic (exact) mass is 492 g/mol. The number of ether oxygens (including phenoxy) is 2. The van der Waals surface area contributed by atoms with Gasteiger partial charge in [0, 0.05) is 30.9 Å². The molecule has 0 radical (unpaired) electrons. The zero-order chi connectivity index (χ0) is 24.3. The van der Waals surface area contributed by atoms with E-state index >= 15 is 0 Å². The van der Waals surface area contributed by atoms with Gasteiger partial charge in [-0.15, -0.1) is 0 Å². The van der Waals surface area contributed by atoms with Crippen molar-refractivity contribution in [1.82, 2.24) is 14.5 Å². The lowest BCUT2D eigenvalue weighted by atomic mass is 10.1. The number of nitrogens with zero attached hydrogens (tertiary/aromatic N) is 5. The number of alkyl halides is 3. The Balaban J connectivity index is 1.36. The second kappa shape index (κ2) is 8.11. The molecular formula is C22H23F3N6O4. The molecular weight excluding hydrogens is 469 g/mol. The molecule has 3 atom stereocenters. The third-order valence-corrected chi connectivity index (χ3v) is 6.95. The quantitative estimate of drug-likeness (QED) is 0.636. The summed E-state index contributed by atoms with van der Waals surface area (Å²) in [5, 5.41) is 3.03. The maximum absolute atomic E-state index is 14.1. The van der Waals surface area contributed by atoms with Crippen molar-refractivity contribution in [2.24, 2.45) is 0 Å². The number of carbonyl (C=O) groups excluding carboxylic acids is 1. The first-order valence-corrected chi connectivity index (χ1v) is 11.5. The van der Waals surface area contributed by atoms with E-state index in [2.05, 4.69) is 15.3 Å². The predicted octanol–water partition coefficient (Wildman–Crippen LogP) is 1.44. The molecule has 2 unspecified atom stereocenters. The number of hydrogen-bond donors (Lipinski definition) is 1. The first-order chi connectivity index (χ1) is 16.8. The lowest BCUT2D eigenvalue weighted by molar-refractivity contribution is -0.152. The summed E-state index contributed by atoms with van der Waals surface area (Å²) in [6.07, 6.45) is -2.85. The second-order valence-electron chi connectivity index (χ2n) is 9.14. The van der Waals surface area contributed by atoms with Gasteiger partial charge < -0.3 is 24.6 Å². The van der Waals surface area contributed by atoms with E-state index < -0.39 is 30.1 Å². The van der Waals surface area contributed by atoms with Crippen LogP contribution in [0.25, 0.3) is 0 Å². The van der Waals surface area contributed by atoms with Crippen molar-refractivity contribution >= 4 is 23.4 Å². The normalized spacial score (nSPS) is 25.1. The van der Waals surface area contributed by atoms with Gasteiger partial charge in [0.05, 0.1) is 31.8 Å². The number of carbonyl (C=O) groups is 1. The van der Waals surface area contributed by atoms with Crippen molar-refractivity contribution < 1.29 is 27.4 Å². The Morgan fingerprint density at radius 2 is 2.14 bits per heavy atom. The summed E-state index contributed by atoms with van der Waals surface area (Å²) in [5.74, 6) is 0.433. The SMILES string of the molecule is O=C(CN1c2nc(N3CC4CC3CO4)cc(=O)n2CC[C@H]1C(F)(F)F)c1cnc2c(c1)OCCN2. The minimum atomic E-state index is -4.61. The summed E-state index contributed by atoms with van der Waals surface area (Å²) < 4.78 is 54.5. The summed E-state index contributed by atoms with van der Waals surface area (Å²) in [6, 6.07) is 0.912. The molecule has 0 aromatic carbocycles. The van der Waals surface area contributed by atoms with E-state index in [-0.39, 0.29) is 36.6 Å². The smallest absolute Gasteiger partial charge is 0.408 e. The zero-order valence-electron chi connectivity index (χ0n) is 18.6. The topological polar surface area (TPSA) is 102 Å². The van der Waals surface area contributed by atoms with Gasteiger partial charge in [-0.05, 0) is 18.9 Å². The molecule has 0 amide bonds. The molecule has 10 nitrogen and oxygen atoms in total. The van der Waals surface area contributed by atoms with Crippen molar-refractivity contribution in [2.45, 2.75) is 43.8 Å². The van der Waals surface area contributed by atoms with Crippen LogP contribution in [-0.4, -0.2) is 77.5 Å². The van der Waals surface area contributed by atoms with Gasteiger partial charge in [-0.1, -0.05) is 0 Å². The molecule has 186 valence electrons. The molecule has 2 fully saturated rings. The minimum Gasteiger partial charge on any atom is -0.488 e. The second-order valence-corrected chi connectivity index (χ2v) is 9.14. The fourth-order valence-corrected chi connectivity index (χ4v) is 5.22. The third-order valence-electron chi connectivity index (χ3n) is 6.95. The van der Waals surface area contributed by atoms with Crippen LogP contribution in [0.15, 0.2) is 23.1 Å². The Morgan fingerprint density at radius 3 is 2.89 bits per heavy atom. The van der Waals surface area contributed by atoms with Crippen LogP contribution in [0.3, 0.4) is 0 Å². The fourth-order valence-electron chi connectivity index (χ4n) is 5.22. The molecule has 2 bridgehead atoms. The Labute approximate surface area is 197 Å². The number of hydrogen-bond acceptors (Lipinski definition) is 9. The van der Waals surface area contributed by atoms with Gasteiger partial charge in [-0.25, -0.2) is 4.98 Å². The van der Waals surface area contributed by atoms with Gasteiger partial charge in [-0.3, -0.25) is 14.2 Å². The number of halogens is 3. The minimum absolute atomic E-state index is 0.0226. The Kier molecular flexibility index (Phi) is 5.13. The van der Waals surface area contributed by atoms with Crippen LogP contribution in [-0.2, 0) is 11.3 Å². The first-order valence-electron chi connectivity index (χ1n) is 11.5. The summed E-state index contributed by atoms with van der Waals surface area (Å²) >= 11 is 0. The van der Waals surface area contributed by atoms with Gasteiger partial charge in [0.1, 0.15) is 18.5 Å². The van der Waals surface area contributed by atoms with Crippen LogP contribution < -0.4 is 25.4 Å². The van der Waals surface area contributed by atoms with E-state index in [0.717, 1.165) is 11.3 Å². The standard InChI is InChI=1S/C22H23F3N6O4/c23-22(24,25)17-1-3-29-19(33)7-18(30-9-14-6-13(30)11-35-14)28-21(29)31(17)10-15(32)12-5-16-20(27-8-12)26-2-4-34-16/h5,7-8,13-14,17H,1-4,6,9-11H2,(H,26,27)/t13?,14?,17-/m0/s1. The average molecular weight is 492 g/mol. The van der Waals surface area contributed by atoms with Crippen LogP contribution in [0.5, 0.6) is 5.75 Å². The van der Waals surface area contributed by atoms with Crippen LogP contribution in [0.1, 0.15) is 23.2 Å². The van der Waals surface area contributed by atoms with E-state index in [1.165, 1.54) is 22.9 Å². The van der Waals surface area contributed by atoms with Gasteiger partial charge >= 0.3 is 6.18 Å². The maximum atomic E-state index is 14.1. The number of rotatable bonds is 4. The molecule has 0 spiro atoms. The van der Waals surface area contributed by atoms with Crippen LogP contribution in [0, 0.1) is 0 Å². The van der Waals surface area contributed by atoms with Crippen LogP contribution >= 0.6 is 0 Å². The Bertz CT molecular complexity index is 1230. The highest BCUT2D eigenvalue weighted by Gasteiger charge is 2.48. The number of morpholine rings is 1. The molecule has 13 heteroatoms. The molecule has 2 aromatic rings. The molecule has 4 aliphatic rings. The van der Waals surface area contributed by atoms with E-state index in [1.807, 2.05) is 4.90 Å². The number of ketones is 1. The molecule has 4 aliphatic heterocycles. The molecule has 6 rings (SSSR count). The van der Waals surface area contributed by atoms with E-state index in [9.17, 15) is 22.8 Å². The highest BCUT2D eigenvalue weighted by molar-refractivity contribution is 5.99. The molecule has 1 N–H and O–H groups in total. The van der Waals surface area contributed by atoms with Crippen molar-refractivity contribution in [1.29, 1.82) is 0 Å². The van der Waals surface area contributed by atoms with E-state index in [0.29, 0.717) is 43.7 Å². The third kappa shape index (κ3) is 3.87. The highest BCUT2D eigenvalue weighted by Crippen LogP contribution is 2.36. The van der Waals surface area contributed by atoms with Gasteiger partial charge in [0.15, 0.2) is 17.4 Å². The highest BCUT2D eigenvalue weighted by atomic mass is 19.4. The van der Waals surface area contributed by atoms with E-state index in [1.54, 1.807) is 0 Å². The maximum Gasteiger partial charge on any atom is 0.408 e.